The number of rotatable bonds is 5. The average Bonchev–Trinajstić information content (AvgIpc) is 3.25. The van der Waals surface area contributed by atoms with E-state index in [1.165, 1.54) is 18.3 Å². The van der Waals surface area contributed by atoms with E-state index >= 15 is 0 Å². The molecule has 0 aliphatic carbocycles. The summed E-state index contributed by atoms with van der Waals surface area (Å²) in [4.78, 5) is 13.1. The third-order valence-electron chi connectivity index (χ3n) is 5.61. The van der Waals surface area contributed by atoms with Gasteiger partial charge >= 0.3 is 6.18 Å². The van der Waals surface area contributed by atoms with E-state index in [9.17, 15) is 23.1 Å². The summed E-state index contributed by atoms with van der Waals surface area (Å²) in [5.41, 5.74) is 4.22. The molecule has 1 aliphatic heterocycles. The summed E-state index contributed by atoms with van der Waals surface area (Å²) in [6.45, 7) is -0.311. The summed E-state index contributed by atoms with van der Waals surface area (Å²) in [5, 5.41) is 11.2. The Bertz CT molecular complexity index is 1080. The Morgan fingerprint density at radius 2 is 1.83 bits per heavy atom. The molecule has 0 bridgehead atoms. The SMILES string of the molecule is Nc1ccc2c(C(O)(CN3CCCC3=O)C(F)(F)F)cn(Cc3ccccc3)c2c1. The predicted molar refractivity (Wildman–Crippen MR) is 108 cm³/mol. The van der Waals surface area contributed by atoms with E-state index in [0.29, 0.717) is 24.2 Å². The molecule has 8 heteroatoms. The van der Waals surface area contributed by atoms with Crippen molar-refractivity contribution in [2.45, 2.75) is 31.2 Å². The minimum Gasteiger partial charge on any atom is -0.399 e. The van der Waals surface area contributed by atoms with Gasteiger partial charge in [-0.05, 0) is 24.1 Å². The van der Waals surface area contributed by atoms with Crippen LogP contribution in [-0.4, -0.2) is 39.7 Å². The number of nitrogens with zero attached hydrogens (tertiary/aromatic N) is 2. The lowest BCUT2D eigenvalue weighted by Gasteiger charge is -2.34. The van der Waals surface area contributed by atoms with E-state index in [-0.39, 0.29) is 29.8 Å². The van der Waals surface area contributed by atoms with Crippen LogP contribution in [0.4, 0.5) is 18.9 Å². The van der Waals surface area contributed by atoms with Gasteiger partial charge in [0.25, 0.3) is 0 Å². The van der Waals surface area contributed by atoms with Crippen LogP contribution in [0.15, 0.2) is 54.7 Å². The monoisotopic (exact) mass is 417 g/mol. The van der Waals surface area contributed by atoms with Crippen LogP contribution in [0, 0.1) is 0 Å². The molecule has 3 aromatic rings. The molecule has 1 saturated heterocycles. The van der Waals surface area contributed by atoms with E-state index < -0.39 is 18.3 Å². The van der Waals surface area contributed by atoms with Crippen molar-refractivity contribution >= 4 is 22.5 Å². The number of fused-ring (bicyclic) bond motifs is 1. The minimum absolute atomic E-state index is 0.195. The molecule has 2 heterocycles. The van der Waals surface area contributed by atoms with Gasteiger partial charge in [-0.2, -0.15) is 13.2 Å². The average molecular weight is 417 g/mol. The smallest absolute Gasteiger partial charge is 0.399 e. The predicted octanol–water partition coefficient (Wildman–Crippen LogP) is 3.64. The molecule has 30 heavy (non-hydrogen) atoms. The van der Waals surface area contributed by atoms with Crippen LogP contribution >= 0.6 is 0 Å². The summed E-state index contributed by atoms with van der Waals surface area (Å²) in [5.74, 6) is -0.380. The second-order valence-electron chi connectivity index (χ2n) is 7.71. The maximum Gasteiger partial charge on any atom is 0.423 e. The second kappa shape index (κ2) is 7.36. The number of hydrogen-bond donors (Lipinski definition) is 2. The van der Waals surface area contributed by atoms with Crippen LogP contribution in [0.5, 0.6) is 0 Å². The molecule has 2 aromatic carbocycles. The second-order valence-corrected chi connectivity index (χ2v) is 7.71. The lowest BCUT2D eigenvalue weighted by atomic mass is 9.92. The van der Waals surface area contributed by atoms with Gasteiger partial charge in [-0.1, -0.05) is 36.4 Å². The number of nitrogens with two attached hydrogens (primary N) is 1. The van der Waals surface area contributed by atoms with Crippen molar-refractivity contribution in [3.63, 3.8) is 0 Å². The zero-order valence-corrected chi connectivity index (χ0v) is 16.2. The van der Waals surface area contributed by atoms with Gasteiger partial charge in [-0.25, -0.2) is 0 Å². The number of carbonyl (C=O) groups is 1. The number of aliphatic hydroxyl groups is 1. The normalized spacial score (nSPS) is 16.9. The highest BCUT2D eigenvalue weighted by atomic mass is 19.4. The van der Waals surface area contributed by atoms with Crippen molar-refractivity contribution in [1.29, 1.82) is 0 Å². The number of hydrogen-bond acceptors (Lipinski definition) is 3. The standard InChI is InChI=1S/C22H22F3N3O2/c23-22(24,25)21(30,14-27-10-4-7-20(27)29)18-13-28(12-15-5-2-1-3-6-15)19-11-16(26)8-9-17(18)19/h1-3,5-6,8-9,11,13,30H,4,7,10,12,14,26H2. The summed E-state index contributed by atoms with van der Waals surface area (Å²) < 4.78 is 44.2. The summed E-state index contributed by atoms with van der Waals surface area (Å²) >= 11 is 0. The minimum atomic E-state index is -4.97. The molecule has 1 unspecified atom stereocenters. The van der Waals surface area contributed by atoms with E-state index in [1.54, 1.807) is 10.6 Å². The maximum absolute atomic E-state index is 14.2. The Labute approximate surface area is 171 Å². The molecule has 5 nitrogen and oxygen atoms in total. The van der Waals surface area contributed by atoms with Gasteiger partial charge in [0.15, 0.2) is 0 Å². The number of benzene rings is 2. The van der Waals surface area contributed by atoms with Crippen molar-refractivity contribution in [3.05, 3.63) is 65.9 Å². The fourth-order valence-electron chi connectivity index (χ4n) is 4.02. The van der Waals surface area contributed by atoms with E-state index in [2.05, 4.69) is 0 Å². The van der Waals surface area contributed by atoms with Gasteiger partial charge in [-0.3, -0.25) is 4.79 Å². The number of amides is 1. The molecule has 1 aliphatic rings. The van der Waals surface area contributed by atoms with Gasteiger partial charge in [0, 0.05) is 42.3 Å². The van der Waals surface area contributed by atoms with Crippen molar-refractivity contribution in [1.82, 2.24) is 9.47 Å². The Hall–Kier alpha value is -3.00. The number of alkyl halides is 3. The number of anilines is 1. The molecular formula is C22H22F3N3O2. The topological polar surface area (TPSA) is 71.5 Å². The Balaban J connectivity index is 1.85. The number of halogens is 3. The van der Waals surface area contributed by atoms with Crippen molar-refractivity contribution in [2.24, 2.45) is 0 Å². The van der Waals surface area contributed by atoms with E-state index in [1.807, 2.05) is 30.3 Å². The summed E-state index contributed by atoms with van der Waals surface area (Å²) in [7, 11) is 0. The van der Waals surface area contributed by atoms with E-state index in [0.717, 1.165) is 10.5 Å². The molecule has 1 atom stereocenters. The number of nitrogen functional groups attached to an aromatic ring is 1. The highest BCUT2D eigenvalue weighted by Gasteiger charge is 2.57. The first-order valence-corrected chi connectivity index (χ1v) is 9.69. The van der Waals surface area contributed by atoms with Crippen LogP contribution in [0.25, 0.3) is 10.9 Å². The Morgan fingerprint density at radius 1 is 1.10 bits per heavy atom. The number of β-amino-alcohol motifs (C(OH)–C–C–N with tert-alkyl or cyclic N) is 1. The quantitative estimate of drug-likeness (QED) is 0.623. The molecular weight excluding hydrogens is 395 g/mol. The van der Waals surface area contributed by atoms with Crippen molar-refractivity contribution in [3.8, 4) is 0 Å². The lowest BCUT2D eigenvalue weighted by Crippen LogP contribution is -2.51. The van der Waals surface area contributed by atoms with Crippen LogP contribution in [0.1, 0.15) is 24.0 Å². The van der Waals surface area contributed by atoms with Crippen LogP contribution in [-0.2, 0) is 16.9 Å². The van der Waals surface area contributed by atoms with Crippen LogP contribution in [0.2, 0.25) is 0 Å². The number of likely N-dealkylation sites (tertiary alicyclic amines) is 1. The third kappa shape index (κ3) is 3.52. The zero-order valence-electron chi connectivity index (χ0n) is 16.2. The van der Waals surface area contributed by atoms with Gasteiger partial charge < -0.3 is 20.3 Å². The molecule has 1 amide bonds. The molecule has 0 spiro atoms. The van der Waals surface area contributed by atoms with Gasteiger partial charge in [0.1, 0.15) is 0 Å². The largest absolute Gasteiger partial charge is 0.423 e. The lowest BCUT2D eigenvalue weighted by molar-refractivity contribution is -0.269. The molecule has 3 N–H and O–H groups in total. The van der Waals surface area contributed by atoms with Crippen molar-refractivity contribution < 1.29 is 23.1 Å². The number of carbonyl (C=O) groups excluding carboxylic acids is 1. The van der Waals surface area contributed by atoms with Crippen molar-refractivity contribution in [2.75, 3.05) is 18.8 Å². The Morgan fingerprint density at radius 3 is 2.47 bits per heavy atom. The zero-order chi connectivity index (χ0) is 21.5. The number of aromatic nitrogens is 1. The first-order valence-electron chi connectivity index (χ1n) is 9.69. The highest BCUT2D eigenvalue weighted by Crippen LogP contribution is 2.44. The van der Waals surface area contributed by atoms with Gasteiger partial charge in [-0.15, -0.1) is 0 Å². The Kier molecular flexibility index (Phi) is 4.97. The van der Waals surface area contributed by atoms with Crippen LogP contribution < -0.4 is 5.73 Å². The molecule has 158 valence electrons. The summed E-state index contributed by atoms with van der Waals surface area (Å²) in [6, 6.07) is 13.9. The molecule has 1 aromatic heterocycles. The molecule has 0 radical (unpaired) electrons. The molecule has 1 fully saturated rings. The fourth-order valence-corrected chi connectivity index (χ4v) is 4.02. The maximum atomic E-state index is 14.2. The van der Waals surface area contributed by atoms with Gasteiger partial charge in [0.05, 0.1) is 12.1 Å². The first-order chi connectivity index (χ1) is 14.2. The molecule has 4 rings (SSSR count). The van der Waals surface area contributed by atoms with Crippen LogP contribution in [0.3, 0.4) is 0 Å². The molecule has 0 saturated carbocycles. The fraction of sp³-hybridized carbons (Fsp3) is 0.318. The summed E-state index contributed by atoms with van der Waals surface area (Å²) in [6.07, 6.45) is -2.96. The third-order valence-corrected chi connectivity index (χ3v) is 5.61. The van der Waals surface area contributed by atoms with E-state index in [4.69, 9.17) is 5.73 Å². The van der Waals surface area contributed by atoms with Gasteiger partial charge in [0.2, 0.25) is 11.5 Å². The highest BCUT2D eigenvalue weighted by molar-refractivity contribution is 5.88. The first kappa shape index (κ1) is 20.3.